The molecule has 0 radical (unpaired) electrons. The third-order valence-corrected chi connectivity index (χ3v) is 4.17. The van der Waals surface area contributed by atoms with Crippen LogP contribution >= 0.6 is 0 Å². The smallest absolute Gasteiger partial charge is 0.123 e. The number of nitrogens with zero attached hydrogens (tertiary/aromatic N) is 2. The second kappa shape index (κ2) is 7.72. The fraction of sp³-hybridized carbons (Fsp3) is 0.625. The van der Waals surface area contributed by atoms with Gasteiger partial charge in [-0.25, -0.2) is 4.39 Å². The quantitative estimate of drug-likeness (QED) is 0.864. The second-order valence-corrected chi connectivity index (χ2v) is 5.69. The van der Waals surface area contributed by atoms with E-state index in [0.29, 0.717) is 6.04 Å². The van der Waals surface area contributed by atoms with Crippen molar-refractivity contribution in [1.29, 1.82) is 0 Å². The van der Waals surface area contributed by atoms with E-state index in [0.717, 1.165) is 32.6 Å². The number of halogens is 1. The van der Waals surface area contributed by atoms with E-state index in [1.807, 2.05) is 12.1 Å². The molecule has 0 aromatic heterocycles. The van der Waals surface area contributed by atoms with Gasteiger partial charge in [-0.15, -0.1) is 0 Å². The maximum Gasteiger partial charge on any atom is 0.123 e. The van der Waals surface area contributed by atoms with Gasteiger partial charge >= 0.3 is 0 Å². The zero-order valence-corrected chi connectivity index (χ0v) is 12.3. The second-order valence-electron chi connectivity index (χ2n) is 5.69. The molecule has 20 heavy (non-hydrogen) atoms. The summed E-state index contributed by atoms with van der Waals surface area (Å²) in [6, 6.07) is 7.44. The van der Waals surface area contributed by atoms with Gasteiger partial charge in [-0.1, -0.05) is 12.1 Å². The van der Waals surface area contributed by atoms with E-state index in [9.17, 15) is 4.39 Å². The molecular weight excluding hydrogens is 255 g/mol. The van der Waals surface area contributed by atoms with Crippen LogP contribution < -0.4 is 0 Å². The van der Waals surface area contributed by atoms with Crippen molar-refractivity contribution in [3.8, 4) is 0 Å². The van der Waals surface area contributed by atoms with Crippen LogP contribution in [0.1, 0.15) is 24.8 Å². The van der Waals surface area contributed by atoms with Crippen LogP contribution in [0.15, 0.2) is 24.3 Å². The van der Waals surface area contributed by atoms with Gasteiger partial charge in [-0.2, -0.15) is 0 Å². The van der Waals surface area contributed by atoms with Gasteiger partial charge in [0.2, 0.25) is 0 Å². The van der Waals surface area contributed by atoms with Crippen molar-refractivity contribution >= 4 is 0 Å². The van der Waals surface area contributed by atoms with Crippen molar-refractivity contribution in [1.82, 2.24) is 9.80 Å². The highest BCUT2D eigenvalue weighted by atomic mass is 19.1. The third-order valence-electron chi connectivity index (χ3n) is 4.17. The average Bonchev–Trinajstić information content (AvgIpc) is 2.48. The zero-order valence-electron chi connectivity index (χ0n) is 12.3. The standard InChI is InChI=1S/C16H25FN2O/c1-18(9-2-12-20)16-7-10-19(11-8-16)13-14-3-5-15(17)6-4-14/h3-6,16,20H,2,7-13H2,1H3. The number of likely N-dealkylation sites (tertiary alicyclic amines) is 1. The lowest BCUT2D eigenvalue weighted by molar-refractivity contribution is 0.117. The Morgan fingerprint density at radius 2 is 1.90 bits per heavy atom. The van der Waals surface area contributed by atoms with Crippen LogP contribution in [0.3, 0.4) is 0 Å². The molecule has 0 spiro atoms. The molecule has 1 aromatic rings. The summed E-state index contributed by atoms with van der Waals surface area (Å²) < 4.78 is 12.9. The van der Waals surface area contributed by atoms with E-state index in [4.69, 9.17) is 5.11 Å². The molecule has 0 bridgehead atoms. The Balaban J connectivity index is 1.75. The fourth-order valence-corrected chi connectivity index (χ4v) is 2.87. The number of aliphatic hydroxyl groups is 1. The van der Waals surface area contributed by atoms with Gasteiger partial charge in [0, 0.05) is 25.7 Å². The molecule has 0 aliphatic carbocycles. The molecule has 1 aliphatic heterocycles. The van der Waals surface area contributed by atoms with Crippen molar-refractivity contribution in [3.05, 3.63) is 35.6 Å². The molecule has 0 atom stereocenters. The molecule has 112 valence electrons. The minimum Gasteiger partial charge on any atom is -0.396 e. The van der Waals surface area contributed by atoms with Crippen LogP contribution in [0.25, 0.3) is 0 Å². The SMILES string of the molecule is CN(CCCO)C1CCN(Cc2ccc(F)cc2)CC1. The van der Waals surface area contributed by atoms with E-state index < -0.39 is 0 Å². The van der Waals surface area contributed by atoms with Crippen LogP contribution in [-0.2, 0) is 6.54 Å². The number of rotatable bonds is 6. The van der Waals surface area contributed by atoms with E-state index in [-0.39, 0.29) is 12.4 Å². The molecule has 3 nitrogen and oxygen atoms in total. The van der Waals surface area contributed by atoms with Gasteiger partial charge in [0.05, 0.1) is 0 Å². The van der Waals surface area contributed by atoms with Gasteiger partial charge in [0.15, 0.2) is 0 Å². The summed E-state index contributed by atoms with van der Waals surface area (Å²) >= 11 is 0. The van der Waals surface area contributed by atoms with E-state index in [1.54, 1.807) is 0 Å². The maximum absolute atomic E-state index is 12.9. The maximum atomic E-state index is 12.9. The summed E-state index contributed by atoms with van der Waals surface area (Å²) in [4.78, 5) is 4.80. The van der Waals surface area contributed by atoms with Gasteiger partial charge in [0.25, 0.3) is 0 Å². The predicted octanol–water partition coefficient (Wildman–Crippen LogP) is 2.10. The lowest BCUT2D eigenvalue weighted by Gasteiger charge is -2.36. The van der Waals surface area contributed by atoms with Gasteiger partial charge < -0.3 is 10.0 Å². The minimum atomic E-state index is -0.169. The highest BCUT2D eigenvalue weighted by Crippen LogP contribution is 2.17. The Bertz CT molecular complexity index is 388. The Kier molecular flexibility index (Phi) is 5.95. The first-order valence-electron chi connectivity index (χ1n) is 7.47. The molecule has 1 aliphatic rings. The molecule has 1 aromatic carbocycles. The fourth-order valence-electron chi connectivity index (χ4n) is 2.87. The molecule has 2 rings (SSSR count). The van der Waals surface area contributed by atoms with Gasteiger partial charge in [-0.05, 0) is 57.1 Å². The van der Waals surface area contributed by atoms with Crippen molar-refractivity contribution in [2.75, 3.05) is 33.3 Å². The Morgan fingerprint density at radius 3 is 2.50 bits per heavy atom. The predicted molar refractivity (Wildman–Crippen MR) is 79.0 cm³/mol. The van der Waals surface area contributed by atoms with Crippen LogP contribution in [0, 0.1) is 5.82 Å². The average molecular weight is 280 g/mol. The van der Waals surface area contributed by atoms with Crippen LogP contribution in [-0.4, -0.2) is 54.2 Å². The lowest BCUT2D eigenvalue weighted by Crippen LogP contribution is -2.43. The minimum absolute atomic E-state index is 0.169. The van der Waals surface area contributed by atoms with Gasteiger partial charge in [0.1, 0.15) is 5.82 Å². The normalized spacial score (nSPS) is 17.8. The number of piperidine rings is 1. The highest BCUT2D eigenvalue weighted by Gasteiger charge is 2.21. The molecule has 1 saturated heterocycles. The van der Waals surface area contributed by atoms with Crippen molar-refractivity contribution in [2.24, 2.45) is 0 Å². The molecule has 0 unspecified atom stereocenters. The van der Waals surface area contributed by atoms with Crippen LogP contribution in [0.5, 0.6) is 0 Å². The summed E-state index contributed by atoms with van der Waals surface area (Å²) in [7, 11) is 2.15. The largest absolute Gasteiger partial charge is 0.396 e. The molecule has 1 heterocycles. The Hall–Kier alpha value is -0.970. The summed E-state index contributed by atoms with van der Waals surface area (Å²) in [5.74, 6) is -0.169. The number of hydrogen-bond acceptors (Lipinski definition) is 3. The number of benzene rings is 1. The number of hydrogen-bond donors (Lipinski definition) is 1. The first kappa shape index (κ1) is 15.4. The summed E-state index contributed by atoms with van der Waals surface area (Å²) in [6.45, 7) is 4.33. The van der Waals surface area contributed by atoms with Crippen LogP contribution in [0.2, 0.25) is 0 Å². The highest BCUT2D eigenvalue weighted by molar-refractivity contribution is 5.15. The molecular formula is C16H25FN2O. The molecule has 4 heteroatoms. The lowest BCUT2D eigenvalue weighted by atomic mass is 10.0. The molecule has 0 amide bonds. The third kappa shape index (κ3) is 4.54. The molecule has 1 N–H and O–H groups in total. The van der Waals surface area contributed by atoms with Crippen molar-refractivity contribution in [3.63, 3.8) is 0 Å². The van der Waals surface area contributed by atoms with Crippen molar-refractivity contribution in [2.45, 2.75) is 31.8 Å². The van der Waals surface area contributed by atoms with Crippen LogP contribution in [0.4, 0.5) is 4.39 Å². The number of aliphatic hydroxyl groups excluding tert-OH is 1. The van der Waals surface area contributed by atoms with E-state index in [1.165, 1.54) is 30.5 Å². The van der Waals surface area contributed by atoms with E-state index in [2.05, 4.69) is 16.8 Å². The molecule has 1 fully saturated rings. The molecule has 0 saturated carbocycles. The first-order chi connectivity index (χ1) is 9.69. The summed E-state index contributed by atoms with van der Waals surface area (Å²) in [5.41, 5.74) is 1.18. The summed E-state index contributed by atoms with van der Waals surface area (Å²) in [6.07, 6.45) is 3.19. The summed E-state index contributed by atoms with van der Waals surface area (Å²) in [5, 5.41) is 8.88. The topological polar surface area (TPSA) is 26.7 Å². The Morgan fingerprint density at radius 1 is 1.25 bits per heavy atom. The zero-order chi connectivity index (χ0) is 14.4. The Labute approximate surface area is 121 Å². The first-order valence-corrected chi connectivity index (χ1v) is 7.47. The monoisotopic (exact) mass is 280 g/mol. The van der Waals surface area contributed by atoms with E-state index >= 15 is 0 Å². The van der Waals surface area contributed by atoms with Gasteiger partial charge in [-0.3, -0.25) is 4.90 Å². The van der Waals surface area contributed by atoms with Crippen molar-refractivity contribution < 1.29 is 9.50 Å².